The molecule has 1 atom stereocenters. The molecule has 1 heterocycles. The van der Waals surface area contributed by atoms with Crippen LogP contribution >= 0.6 is 0 Å². The Hall–Kier alpha value is -1.26. The minimum Gasteiger partial charge on any atom is -0.504 e. The van der Waals surface area contributed by atoms with Gasteiger partial charge in [0.05, 0.1) is 7.11 Å². The molecule has 1 aromatic carbocycles. The van der Waals surface area contributed by atoms with Crippen LogP contribution in [0.3, 0.4) is 0 Å². The molecule has 0 bridgehead atoms. The van der Waals surface area contributed by atoms with Crippen LogP contribution in [0.25, 0.3) is 0 Å². The lowest BCUT2D eigenvalue weighted by atomic mass is 10.1. The summed E-state index contributed by atoms with van der Waals surface area (Å²) in [4.78, 5) is 2.58. The van der Waals surface area contributed by atoms with Gasteiger partial charge in [0, 0.05) is 13.1 Å². The number of nitrogens with one attached hydrogen (secondary N) is 1. The lowest BCUT2D eigenvalue weighted by Crippen LogP contribution is -2.36. The normalized spacial score (nSPS) is 17.6. The molecule has 1 unspecified atom stereocenters. The molecule has 4 heteroatoms. The Bertz CT molecular complexity index is 431. The second-order valence-electron chi connectivity index (χ2n) is 6.10. The van der Waals surface area contributed by atoms with Gasteiger partial charge in [0.2, 0.25) is 0 Å². The molecule has 1 fully saturated rings. The summed E-state index contributed by atoms with van der Waals surface area (Å²) in [5.74, 6) is 1.38. The van der Waals surface area contributed by atoms with Gasteiger partial charge in [0.1, 0.15) is 0 Å². The second-order valence-corrected chi connectivity index (χ2v) is 6.10. The monoisotopic (exact) mass is 292 g/mol. The zero-order valence-electron chi connectivity index (χ0n) is 13.3. The van der Waals surface area contributed by atoms with E-state index < -0.39 is 0 Å². The number of benzene rings is 1. The first kappa shape index (κ1) is 16.1. The molecule has 0 amide bonds. The summed E-state index contributed by atoms with van der Waals surface area (Å²) in [6.45, 7) is 7.78. The highest BCUT2D eigenvalue weighted by molar-refractivity contribution is 5.41. The van der Waals surface area contributed by atoms with Gasteiger partial charge in [-0.25, -0.2) is 0 Å². The lowest BCUT2D eigenvalue weighted by molar-refractivity contribution is 0.199. The van der Waals surface area contributed by atoms with Crippen molar-refractivity contribution in [2.24, 2.45) is 5.92 Å². The van der Waals surface area contributed by atoms with E-state index in [0.717, 1.165) is 18.7 Å². The Morgan fingerprint density at radius 3 is 2.71 bits per heavy atom. The third-order valence-corrected chi connectivity index (χ3v) is 4.08. The minimum atomic E-state index is 0.207. The quantitative estimate of drug-likeness (QED) is 0.811. The van der Waals surface area contributed by atoms with Crippen molar-refractivity contribution < 1.29 is 9.84 Å². The van der Waals surface area contributed by atoms with Crippen molar-refractivity contribution in [1.82, 2.24) is 10.2 Å². The summed E-state index contributed by atoms with van der Waals surface area (Å²) in [5.41, 5.74) is 1.08. The molecular weight excluding hydrogens is 264 g/mol. The minimum absolute atomic E-state index is 0.207. The topological polar surface area (TPSA) is 44.7 Å². The van der Waals surface area contributed by atoms with Gasteiger partial charge >= 0.3 is 0 Å². The number of methoxy groups -OCH3 is 1. The highest BCUT2D eigenvalue weighted by Gasteiger charge is 2.13. The zero-order valence-corrected chi connectivity index (χ0v) is 13.3. The predicted molar refractivity (Wildman–Crippen MR) is 85.8 cm³/mol. The van der Waals surface area contributed by atoms with Crippen molar-refractivity contribution in [3.8, 4) is 11.5 Å². The van der Waals surface area contributed by atoms with Crippen molar-refractivity contribution in [3.05, 3.63) is 23.8 Å². The fourth-order valence-corrected chi connectivity index (χ4v) is 2.96. The molecule has 4 nitrogen and oxygen atoms in total. The lowest BCUT2D eigenvalue weighted by Gasteiger charge is -2.29. The zero-order chi connectivity index (χ0) is 15.1. The molecule has 118 valence electrons. The molecule has 0 aliphatic carbocycles. The van der Waals surface area contributed by atoms with Crippen LogP contribution in [0, 0.1) is 5.92 Å². The van der Waals surface area contributed by atoms with Crippen molar-refractivity contribution in [3.63, 3.8) is 0 Å². The van der Waals surface area contributed by atoms with Crippen molar-refractivity contribution >= 4 is 0 Å². The van der Waals surface area contributed by atoms with E-state index in [0.29, 0.717) is 11.7 Å². The molecule has 0 spiro atoms. The van der Waals surface area contributed by atoms with E-state index in [4.69, 9.17) is 4.74 Å². The first-order chi connectivity index (χ1) is 10.2. The molecule has 1 aliphatic rings. The molecule has 2 N–H and O–H groups in total. The number of likely N-dealkylation sites (tertiary alicyclic amines) is 1. The van der Waals surface area contributed by atoms with Crippen LogP contribution in [-0.4, -0.2) is 43.3 Å². The molecule has 0 aromatic heterocycles. The van der Waals surface area contributed by atoms with Crippen LogP contribution < -0.4 is 10.1 Å². The summed E-state index contributed by atoms with van der Waals surface area (Å²) in [7, 11) is 1.56. The predicted octanol–water partition coefficient (Wildman–Crippen LogP) is 2.61. The number of aromatic hydroxyl groups is 1. The van der Waals surface area contributed by atoms with Gasteiger partial charge in [-0.3, -0.25) is 0 Å². The molecule has 21 heavy (non-hydrogen) atoms. The van der Waals surface area contributed by atoms with Crippen molar-refractivity contribution in [1.29, 1.82) is 0 Å². The maximum Gasteiger partial charge on any atom is 0.160 e. The van der Waals surface area contributed by atoms with Crippen molar-refractivity contribution in [2.45, 2.75) is 32.7 Å². The van der Waals surface area contributed by atoms with Crippen LogP contribution in [-0.2, 0) is 6.54 Å². The summed E-state index contributed by atoms with van der Waals surface area (Å²) in [6, 6.07) is 5.56. The van der Waals surface area contributed by atoms with Gasteiger partial charge in [-0.1, -0.05) is 19.4 Å². The smallest absolute Gasteiger partial charge is 0.160 e. The molecular formula is C17H28N2O2. The van der Waals surface area contributed by atoms with Crippen LogP contribution in [0.2, 0.25) is 0 Å². The number of hydrogen-bond acceptors (Lipinski definition) is 4. The fourth-order valence-electron chi connectivity index (χ4n) is 2.96. The largest absolute Gasteiger partial charge is 0.504 e. The number of piperidine rings is 1. The molecule has 2 rings (SSSR count). The van der Waals surface area contributed by atoms with E-state index in [1.807, 2.05) is 12.1 Å². The van der Waals surface area contributed by atoms with E-state index in [9.17, 15) is 5.11 Å². The first-order valence-corrected chi connectivity index (χ1v) is 7.98. The van der Waals surface area contributed by atoms with E-state index in [2.05, 4.69) is 17.1 Å². The Balaban J connectivity index is 1.69. The highest BCUT2D eigenvalue weighted by atomic mass is 16.5. The SMILES string of the molecule is COc1ccc(CNCC(C)CN2CCCCC2)cc1O. The van der Waals surface area contributed by atoms with Gasteiger partial charge < -0.3 is 20.1 Å². The van der Waals surface area contributed by atoms with Crippen LogP contribution in [0.1, 0.15) is 31.7 Å². The van der Waals surface area contributed by atoms with E-state index >= 15 is 0 Å². The summed E-state index contributed by atoms with van der Waals surface area (Å²) in [6.07, 6.45) is 4.10. The van der Waals surface area contributed by atoms with Gasteiger partial charge in [-0.15, -0.1) is 0 Å². The molecule has 0 saturated carbocycles. The second kappa shape index (κ2) is 8.25. The number of ether oxygens (including phenoxy) is 1. The standard InChI is InChI=1S/C17H28N2O2/c1-14(13-19-8-4-3-5-9-19)11-18-12-15-6-7-17(21-2)16(20)10-15/h6-7,10,14,18,20H,3-5,8-9,11-13H2,1-2H3. The van der Waals surface area contributed by atoms with Crippen LogP contribution in [0.5, 0.6) is 11.5 Å². The Kier molecular flexibility index (Phi) is 6.33. The average Bonchev–Trinajstić information content (AvgIpc) is 2.48. The summed E-state index contributed by atoms with van der Waals surface area (Å²) in [5, 5.41) is 13.2. The molecule has 0 radical (unpaired) electrons. The van der Waals surface area contributed by atoms with E-state index in [1.165, 1.54) is 38.9 Å². The Morgan fingerprint density at radius 1 is 1.29 bits per heavy atom. The van der Waals surface area contributed by atoms with E-state index in [1.54, 1.807) is 13.2 Å². The van der Waals surface area contributed by atoms with Gasteiger partial charge in [0.15, 0.2) is 11.5 Å². The molecule has 1 aliphatic heterocycles. The summed E-state index contributed by atoms with van der Waals surface area (Å²) < 4.78 is 5.05. The van der Waals surface area contributed by atoms with Crippen LogP contribution in [0.15, 0.2) is 18.2 Å². The number of nitrogens with zero attached hydrogens (tertiary/aromatic N) is 1. The molecule has 1 aromatic rings. The average molecular weight is 292 g/mol. The number of phenolic OH excluding ortho intramolecular Hbond substituents is 1. The van der Waals surface area contributed by atoms with Gasteiger partial charge in [0.25, 0.3) is 0 Å². The van der Waals surface area contributed by atoms with Gasteiger partial charge in [-0.05, 0) is 56.1 Å². The maximum atomic E-state index is 9.76. The van der Waals surface area contributed by atoms with Crippen molar-refractivity contribution in [2.75, 3.05) is 33.3 Å². The first-order valence-electron chi connectivity index (χ1n) is 7.98. The summed E-state index contributed by atoms with van der Waals surface area (Å²) >= 11 is 0. The maximum absolute atomic E-state index is 9.76. The number of phenols is 1. The Morgan fingerprint density at radius 2 is 2.05 bits per heavy atom. The highest BCUT2D eigenvalue weighted by Crippen LogP contribution is 2.26. The van der Waals surface area contributed by atoms with E-state index in [-0.39, 0.29) is 5.75 Å². The third-order valence-electron chi connectivity index (χ3n) is 4.08. The third kappa shape index (κ3) is 5.21. The van der Waals surface area contributed by atoms with Crippen LogP contribution in [0.4, 0.5) is 0 Å². The fraction of sp³-hybridized carbons (Fsp3) is 0.647. The Labute approximate surface area is 128 Å². The molecule has 1 saturated heterocycles. The number of hydrogen-bond donors (Lipinski definition) is 2. The number of rotatable bonds is 7. The van der Waals surface area contributed by atoms with Gasteiger partial charge in [-0.2, -0.15) is 0 Å².